The van der Waals surface area contributed by atoms with E-state index in [9.17, 15) is 13.2 Å². The highest BCUT2D eigenvalue weighted by molar-refractivity contribution is 6.04. The van der Waals surface area contributed by atoms with E-state index in [1.165, 1.54) is 17.7 Å². The summed E-state index contributed by atoms with van der Waals surface area (Å²) in [5, 5.41) is 0. The second kappa shape index (κ2) is 6.93. The average Bonchev–Trinajstić information content (AvgIpc) is 2.65. The lowest BCUT2D eigenvalue weighted by Gasteiger charge is -2.27. The Hall–Kier alpha value is -2.89. The largest absolute Gasteiger partial charge is 0.416 e. The molecular weight excluding hydrogens is 363 g/mol. The molecule has 2 aromatic rings. The van der Waals surface area contributed by atoms with Crippen molar-refractivity contribution in [2.45, 2.75) is 38.4 Å². The number of nitrogens with two attached hydrogens (primary N) is 1. The summed E-state index contributed by atoms with van der Waals surface area (Å²) in [6.45, 7) is 2.06. The molecule has 1 aromatic heterocycles. The van der Waals surface area contributed by atoms with Crippen LogP contribution < -0.4 is 5.73 Å². The minimum absolute atomic E-state index is 0.0134. The number of fused-ring (bicyclic) bond motifs is 3. The number of aromatic nitrogens is 1. The van der Waals surface area contributed by atoms with Gasteiger partial charge in [-0.1, -0.05) is 35.9 Å². The highest BCUT2D eigenvalue weighted by Crippen LogP contribution is 2.35. The molecule has 6 heteroatoms. The van der Waals surface area contributed by atoms with Crippen molar-refractivity contribution in [2.24, 2.45) is 10.7 Å². The van der Waals surface area contributed by atoms with Crippen LogP contribution in [0.1, 0.15) is 41.3 Å². The van der Waals surface area contributed by atoms with Gasteiger partial charge in [0.1, 0.15) is 11.5 Å². The number of benzene rings is 1. The molecule has 0 spiro atoms. The lowest BCUT2D eigenvalue weighted by molar-refractivity contribution is -0.138. The van der Waals surface area contributed by atoms with Gasteiger partial charge < -0.3 is 5.73 Å². The van der Waals surface area contributed by atoms with E-state index in [1.807, 2.05) is 12.1 Å². The standard InChI is InChI=1S/C22H20F3N3/c1-13-6-9-16-17-11-14(12-27-20(17)21(26)28-19(16)10-13)7-8-15-4-2-3-5-18(15)22(23,24)25/h2-6,9,11-12,19H,7-8,10H2,1H3,(H2,26,28). The van der Waals surface area contributed by atoms with Crippen LogP contribution in [0.2, 0.25) is 0 Å². The van der Waals surface area contributed by atoms with Gasteiger partial charge in [0.05, 0.1) is 11.6 Å². The fraction of sp³-hybridized carbons (Fsp3) is 0.273. The highest BCUT2D eigenvalue weighted by atomic mass is 19.4. The highest BCUT2D eigenvalue weighted by Gasteiger charge is 2.32. The predicted octanol–water partition coefficient (Wildman–Crippen LogP) is 4.71. The molecule has 2 aliphatic rings. The number of pyridine rings is 1. The smallest absolute Gasteiger partial charge is 0.382 e. The Labute approximate surface area is 161 Å². The molecule has 1 unspecified atom stereocenters. The van der Waals surface area contributed by atoms with Gasteiger partial charge in [-0.3, -0.25) is 9.98 Å². The van der Waals surface area contributed by atoms with E-state index in [0.717, 1.165) is 29.2 Å². The first kappa shape index (κ1) is 18.5. The van der Waals surface area contributed by atoms with Gasteiger partial charge in [0.25, 0.3) is 0 Å². The molecule has 1 atom stereocenters. The zero-order chi connectivity index (χ0) is 19.9. The van der Waals surface area contributed by atoms with E-state index in [2.05, 4.69) is 23.0 Å². The topological polar surface area (TPSA) is 51.3 Å². The number of aryl methyl sites for hydroxylation is 2. The first-order valence-electron chi connectivity index (χ1n) is 9.18. The van der Waals surface area contributed by atoms with E-state index < -0.39 is 11.7 Å². The summed E-state index contributed by atoms with van der Waals surface area (Å²) in [5.74, 6) is 0.417. The number of aliphatic imine (C=N–C) groups is 1. The molecule has 144 valence electrons. The summed E-state index contributed by atoms with van der Waals surface area (Å²) in [6, 6.07) is 7.70. The maximum atomic E-state index is 13.2. The Bertz CT molecular complexity index is 1020. The van der Waals surface area contributed by atoms with Crippen LogP contribution in [0.3, 0.4) is 0 Å². The molecule has 0 bridgehead atoms. The van der Waals surface area contributed by atoms with Crippen molar-refractivity contribution in [1.29, 1.82) is 0 Å². The number of nitrogens with zero attached hydrogens (tertiary/aromatic N) is 2. The van der Waals surface area contributed by atoms with Gasteiger partial charge in [-0.05, 0) is 55.0 Å². The van der Waals surface area contributed by atoms with Crippen molar-refractivity contribution in [3.05, 3.63) is 82.2 Å². The fourth-order valence-corrected chi connectivity index (χ4v) is 3.80. The van der Waals surface area contributed by atoms with Gasteiger partial charge in [0.15, 0.2) is 0 Å². The molecule has 1 aliphatic carbocycles. The molecule has 0 radical (unpaired) electrons. The van der Waals surface area contributed by atoms with Crippen molar-refractivity contribution >= 4 is 11.4 Å². The number of hydrogen-bond acceptors (Lipinski definition) is 3. The summed E-state index contributed by atoms with van der Waals surface area (Å²) in [5.41, 5.74) is 10.6. The number of alkyl halides is 3. The lowest BCUT2D eigenvalue weighted by atomic mass is 9.85. The number of amidine groups is 1. The Morgan fingerprint density at radius 2 is 1.93 bits per heavy atom. The monoisotopic (exact) mass is 383 g/mol. The third-order valence-corrected chi connectivity index (χ3v) is 5.22. The van der Waals surface area contributed by atoms with Gasteiger partial charge in [0, 0.05) is 11.8 Å². The van der Waals surface area contributed by atoms with E-state index in [-0.39, 0.29) is 6.04 Å². The van der Waals surface area contributed by atoms with E-state index >= 15 is 0 Å². The summed E-state index contributed by atoms with van der Waals surface area (Å²) < 4.78 is 39.6. The Balaban J connectivity index is 1.63. The lowest BCUT2D eigenvalue weighted by Crippen LogP contribution is -2.28. The van der Waals surface area contributed by atoms with Gasteiger partial charge >= 0.3 is 6.18 Å². The van der Waals surface area contributed by atoms with Crippen LogP contribution in [0.4, 0.5) is 13.2 Å². The van der Waals surface area contributed by atoms with Crippen molar-refractivity contribution in [1.82, 2.24) is 4.98 Å². The molecular formula is C22H20F3N3. The second-order valence-electron chi connectivity index (χ2n) is 7.26. The number of halogens is 3. The molecule has 2 N–H and O–H groups in total. The quantitative estimate of drug-likeness (QED) is 0.835. The predicted molar refractivity (Wildman–Crippen MR) is 104 cm³/mol. The molecule has 0 fully saturated rings. The Morgan fingerprint density at radius 3 is 2.71 bits per heavy atom. The SMILES string of the molecule is CC1=CC=C2c3cc(CCc4ccccc4C(F)(F)F)cnc3C(N)=NC2C1. The molecule has 3 nitrogen and oxygen atoms in total. The summed E-state index contributed by atoms with van der Waals surface area (Å²) in [4.78, 5) is 9.01. The van der Waals surface area contributed by atoms with Crippen LogP contribution >= 0.6 is 0 Å². The van der Waals surface area contributed by atoms with Crippen LogP contribution in [0.5, 0.6) is 0 Å². The third-order valence-electron chi connectivity index (χ3n) is 5.22. The maximum absolute atomic E-state index is 13.2. The Morgan fingerprint density at radius 1 is 1.14 bits per heavy atom. The van der Waals surface area contributed by atoms with Crippen LogP contribution in [0.15, 0.2) is 59.2 Å². The zero-order valence-electron chi connectivity index (χ0n) is 15.4. The van der Waals surface area contributed by atoms with Crippen molar-refractivity contribution in [3.8, 4) is 0 Å². The first-order chi connectivity index (χ1) is 13.3. The van der Waals surface area contributed by atoms with E-state index in [1.54, 1.807) is 12.3 Å². The normalized spacial score (nSPS) is 18.6. The minimum atomic E-state index is -4.35. The maximum Gasteiger partial charge on any atom is 0.416 e. The molecule has 0 saturated carbocycles. The second-order valence-corrected chi connectivity index (χ2v) is 7.26. The molecule has 28 heavy (non-hydrogen) atoms. The third kappa shape index (κ3) is 3.46. The number of rotatable bonds is 3. The summed E-state index contributed by atoms with van der Waals surface area (Å²) in [7, 11) is 0. The molecule has 0 amide bonds. The van der Waals surface area contributed by atoms with Crippen molar-refractivity contribution < 1.29 is 13.2 Å². The van der Waals surface area contributed by atoms with E-state index in [4.69, 9.17) is 5.73 Å². The van der Waals surface area contributed by atoms with E-state index in [0.29, 0.717) is 29.9 Å². The number of allylic oxidation sites excluding steroid dienone is 2. The molecule has 1 aromatic carbocycles. The molecule has 1 aliphatic heterocycles. The first-order valence-corrected chi connectivity index (χ1v) is 9.18. The van der Waals surface area contributed by atoms with Gasteiger partial charge in [-0.25, -0.2) is 0 Å². The zero-order valence-corrected chi connectivity index (χ0v) is 15.4. The average molecular weight is 383 g/mol. The van der Waals surface area contributed by atoms with Crippen molar-refractivity contribution in [2.75, 3.05) is 0 Å². The molecule has 4 rings (SSSR count). The van der Waals surface area contributed by atoms with Crippen LogP contribution in [-0.2, 0) is 19.0 Å². The van der Waals surface area contributed by atoms with Crippen molar-refractivity contribution in [3.63, 3.8) is 0 Å². The molecule has 2 heterocycles. The molecule has 0 saturated heterocycles. The minimum Gasteiger partial charge on any atom is -0.382 e. The number of hydrogen-bond donors (Lipinski definition) is 1. The van der Waals surface area contributed by atoms with Gasteiger partial charge in [0.2, 0.25) is 0 Å². The summed E-state index contributed by atoms with van der Waals surface area (Å²) in [6.07, 6.45) is 3.03. The van der Waals surface area contributed by atoms with Gasteiger partial charge in [-0.15, -0.1) is 0 Å². The van der Waals surface area contributed by atoms with Crippen LogP contribution in [-0.4, -0.2) is 16.9 Å². The fourth-order valence-electron chi connectivity index (χ4n) is 3.80. The van der Waals surface area contributed by atoms with Crippen LogP contribution in [0.25, 0.3) is 5.57 Å². The summed E-state index contributed by atoms with van der Waals surface area (Å²) >= 11 is 0. The van der Waals surface area contributed by atoms with Gasteiger partial charge in [-0.2, -0.15) is 13.2 Å². The van der Waals surface area contributed by atoms with Crippen LogP contribution in [0, 0.1) is 0 Å². The Kier molecular flexibility index (Phi) is 4.57.